The van der Waals surface area contributed by atoms with Gasteiger partial charge in [-0.05, 0) is 24.7 Å². The van der Waals surface area contributed by atoms with Gasteiger partial charge in [-0.2, -0.15) is 0 Å². The van der Waals surface area contributed by atoms with E-state index in [1.807, 2.05) is 0 Å². The van der Waals surface area contributed by atoms with Gasteiger partial charge in [-0.1, -0.05) is 98.3 Å². The molecule has 0 rings (SSSR count). The van der Waals surface area contributed by atoms with E-state index in [2.05, 4.69) is 27.7 Å². The van der Waals surface area contributed by atoms with Gasteiger partial charge in [0.2, 0.25) is 0 Å². The zero-order chi connectivity index (χ0) is 22.5. The predicted octanol–water partition coefficient (Wildman–Crippen LogP) is 6.47. The summed E-state index contributed by atoms with van der Waals surface area (Å²) in [5, 5.41) is 0. The molecule has 0 fully saturated rings. The number of unbranched alkanes of at least 4 members (excludes halogenated alkanes) is 8. The summed E-state index contributed by atoms with van der Waals surface area (Å²) >= 11 is 0. The van der Waals surface area contributed by atoms with Gasteiger partial charge in [0.1, 0.15) is 13.2 Å². The van der Waals surface area contributed by atoms with Crippen molar-refractivity contribution in [2.24, 2.45) is 11.8 Å². The SMILES string of the molecule is CCCCCCCCCCCOC(=O)COCC(=O)OCCC(C)CCCC(C)C. The quantitative estimate of drug-likeness (QED) is 0.155. The molecule has 178 valence electrons. The van der Waals surface area contributed by atoms with Gasteiger partial charge in [0.15, 0.2) is 0 Å². The number of hydrogen-bond acceptors (Lipinski definition) is 5. The summed E-state index contributed by atoms with van der Waals surface area (Å²) in [5.41, 5.74) is 0. The van der Waals surface area contributed by atoms with E-state index in [1.54, 1.807) is 0 Å². The summed E-state index contributed by atoms with van der Waals surface area (Å²) in [6, 6.07) is 0. The maximum absolute atomic E-state index is 11.7. The molecule has 5 nitrogen and oxygen atoms in total. The minimum absolute atomic E-state index is 0.196. The molecule has 1 atom stereocenters. The molecule has 0 bridgehead atoms. The molecule has 30 heavy (non-hydrogen) atoms. The van der Waals surface area contributed by atoms with Crippen LogP contribution in [0.15, 0.2) is 0 Å². The number of carbonyl (C=O) groups is 2. The van der Waals surface area contributed by atoms with Crippen LogP contribution in [-0.4, -0.2) is 38.4 Å². The fourth-order valence-electron chi connectivity index (χ4n) is 3.29. The van der Waals surface area contributed by atoms with Crippen LogP contribution in [0.4, 0.5) is 0 Å². The Morgan fingerprint density at radius 1 is 0.633 bits per heavy atom. The molecule has 0 heterocycles. The standard InChI is InChI=1S/C25H48O5/c1-5-6-7-8-9-10-11-12-13-18-29-24(26)20-28-21-25(27)30-19-17-23(4)16-14-15-22(2)3/h22-23H,5-21H2,1-4H3. The van der Waals surface area contributed by atoms with Crippen molar-refractivity contribution in [3.05, 3.63) is 0 Å². The van der Waals surface area contributed by atoms with Crippen LogP contribution in [0.1, 0.15) is 111 Å². The first-order chi connectivity index (χ1) is 14.5. The second kappa shape index (κ2) is 21.1. The predicted molar refractivity (Wildman–Crippen MR) is 122 cm³/mol. The van der Waals surface area contributed by atoms with Crippen molar-refractivity contribution >= 4 is 11.9 Å². The topological polar surface area (TPSA) is 61.8 Å². The lowest BCUT2D eigenvalue weighted by Gasteiger charge is -2.12. The van der Waals surface area contributed by atoms with E-state index in [4.69, 9.17) is 14.2 Å². The molecule has 0 aromatic carbocycles. The van der Waals surface area contributed by atoms with Crippen molar-refractivity contribution in [3.63, 3.8) is 0 Å². The maximum atomic E-state index is 11.7. The van der Waals surface area contributed by atoms with Crippen LogP contribution in [0.2, 0.25) is 0 Å². The molecule has 0 aliphatic heterocycles. The fraction of sp³-hybridized carbons (Fsp3) is 0.920. The van der Waals surface area contributed by atoms with E-state index >= 15 is 0 Å². The van der Waals surface area contributed by atoms with Crippen molar-refractivity contribution < 1.29 is 23.8 Å². The Hall–Kier alpha value is -1.10. The highest BCUT2D eigenvalue weighted by Gasteiger charge is 2.09. The van der Waals surface area contributed by atoms with Gasteiger partial charge in [0.25, 0.3) is 0 Å². The molecule has 1 unspecified atom stereocenters. The number of carbonyl (C=O) groups excluding carboxylic acids is 2. The van der Waals surface area contributed by atoms with Gasteiger partial charge in [0, 0.05) is 0 Å². The van der Waals surface area contributed by atoms with Gasteiger partial charge in [-0.3, -0.25) is 0 Å². The van der Waals surface area contributed by atoms with E-state index in [9.17, 15) is 9.59 Å². The average Bonchev–Trinajstić information content (AvgIpc) is 2.69. The second-order valence-corrected chi connectivity index (χ2v) is 8.98. The first-order valence-corrected chi connectivity index (χ1v) is 12.3. The van der Waals surface area contributed by atoms with Gasteiger partial charge >= 0.3 is 11.9 Å². The van der Waals surface area contributed by atoms with Crippen LogP contribution in [0.5, 0.6) is 0 Å². The van der Waals surface area contributed by atoms with Gasteiger partial charge in [-0.25, -0.2) is 9.59 Å². The first kappa shape index (κ1) is 28.9. The number of hydrogen-bond donors (Lipinski definition) is 0. The molecular weight excluding hydrogens is 380 g/mol. The van der Waals surface area contributed by atoms with Crippen LogP contribution < -0.4 is 0 Å². The van der Waals surface area contributed by atoms with Crippen molar-refractivity contribution in [1.29, 1.82) is 0 Å². The molecule has 0 aromatic heterocycles. The molecule has 0 radical (unpaired) electrons. The summed E-state index contributed by atoms with van der Waals surface area (Å²) in [6.07, 6.45) is 15.5. The second-order valence-electron chi connectivity index (χ2n) is 8.98. The van der Waals surface area contributed by atoms with Gasteiger partial charge in [0.05, 0.1) is 13.2 Å². The lowest BCUT2D eigenvalue weighted by Crippen LogP contribution is -2.19. The average molecular weight is 429 g/mol. The van der Waals surface area contributed by atoms with E-state index < -0.39 is 11.9 Å². The lowest BCUT2D eigenvalue weighted by atomic mass is 9.98. The number of rotatable bonds is 21. The monoisotopic (exact) mass is 428 g/mol. The minimum Gasteiger partial charge on any atom is -0.464 e. The van der Waals surface area contributed by atoms with Crippen molar-refractivity contribution in [2.75, 3.05) is 26.4 Å². The van der Waals surface area contributed by atoms with Crippen LogP contribution in [0.25, 0.3) is 0 Å². The molecule has 0 aromatic rings. The molecule has 5 heteroatoms. The highest BCUT2D eigenvalue weighted by molar-refractivity contribution is 5.73. The van der Waals surface area contributed by atoms with Crippen LogP contribution >= 0.6 is 0 Å². The zero-order valence-electron chi connectivity index (χ0n) is 20.2. The van der Waals surface area contributed by atoms with E-state index in [1.165, 1.54) is 57.8 Å². The largest absolute Gasteiger partial charge is 0.464 e. The van der Waals surface area contributed by atoms with E-state index in [0.717, 1.165) is 31.6 Å². The highest BCUT2D eigenvalue weighted by atomic mass is 16.6. The Labute approximate surface area is 185 Å². The number of ether oxygens (including phenoxy) is 3. The number of esters is 2. The Morgan fingerprint density at radius 3 is 1.73 bits per heavy atom. The summed E-state index contributed by atoms with van der Waals surface area (Å²) in [6.45, 7) is 9.33. The third kappa shape index (κ3) is 21.6. The van der Waals surface area contributed by atoms with E-state index in [-0.39, 0.29) is 13.2 Å². The van der Waals surface area contributed by atoms with Gasteiger partial charge in [-0.15, -0.1) is 0 Å². The van der Waals surface area contributed by atoms with Gasteiger partial charge < -0.3 is 14.2 Å². The minimum atomic E-state index is -0.420. The highest BCUT2D eigenvalue weighted by Crippen LogP contribution is 2.15. The summed E-state index contributed by atoms with van der Waals surface area (Å²) < 4.78 is 15.4. The van der Waals surface area contributed by atoms with Crippen LogP contribution in [0.3, 0.4) is 0 Å². The smallest absolute Gasteiger partial charge is 0.332 e. The molecule has 0 saturated heterocycles. The Kier molecular flexibility index (Phi) is 20.4. The summed E-state index contributed by atoms with van der Waals surface area (Å²) in [4.78, 5) is 23.3. The Morgan fingerprint density at radius 2 is 1.17 bits per heavy atom. The fourth-order valence-corrected chi connectivity index (χ4v) is 3.29. The Bertz CT molecular complexity index is 408. The molecule has 0 aliphatic carbocycles. The van der Waals surface area contributed by atoms with Crippen LogP contribution in [-0.2, 0) is 23.8 Å². The van der Waals surface area contributed by atoms with Crippen molar-refractivity contribution in [2.45, 2.75) is 111 Å². The third-order valence-electron chi connectivity index (χ3n) is 5.30. The molecule has 0 saturated carbocycles. The lowest BCUT2D eigenvalue weighted by molar-refractivity contribution is -0.155. The first-order valence-electron chi connectivity index (χ1n) is 12.3. The van der Waals surface area contributed by atoms with E-state index in [0.29, 0.717) is 19.1 Å². The third-order valence-corrected chi connectivity index (χ3v) is 5.30. The normalized spacial score (nSPS) is 12.2. The molecular formula is C25H48O5. The van der Waals surface area contributed by atoms with Crippen molar-refractivity contribution in [3.8, 4) is 0 Å². The van der Waals surface area contributed by atoms with Crippen molar-refractivity contribution in [1.82, 2.24) is 0 Å². The maximum Gasteiger partial charge on any atom is 0.332 e. The Balaban J connectivity index is 3.43. The zero-order valence-corrected chi connectivity index (χ0v) is 20.2. The summed E-state index contributed by atoms with van der Waals surface area (Å²) in [5.74, 6) is 0.453. The molecule has 0 amide bonds. The molecule has 0 N–H and O–H groups in total. The summed E-state index contributed by atoms with van der Waals surface area (Å²) in [7, 11) is 0. The molecule has 0 spiro atoms. The molecule has 0 aliphatic rings. The van der Waals surface area contributed by atoms with Crippen LogP contribution in [0, 0.1) is 11.8 Å².